The molecular weight excluding hydrogens is 430 g/mol. The molecule has 0 amide bonds. The van der Waals surface area contributed by atoms with E-state index in [0.717, 1.165) is 30.7 Å². The first-order valence-electron chi connectivity index (χ1n) is 11.1. The Morgan fingerprint density at radius 3 is 2.55 bits per heavy atom. The maximum absolute atomic E-state index is 14.2. The van der Waals surface area contributed by atoms with E-state index in [1.807, 2.05) is 6.07 Å². The molecule has 1 aromatic heterocycles. The van der Waals surface area contributed by atoms with Gasteiger partial charge in [0.15, 0.2) is 11.6 Å². The summed E-state index contributed by atoms with van der Waals surface area (Å²) in [7, 11) is 0. The number of pyridine rings is 1. The number of carboxylic acids is 1. The van der Waals surface area contributed by atoms with E-state index < -0.39 is 23.5 Å². The number of phenols is 1. The van der Waals surface area contributed by atoms with Crippen molar-refractivity contribution >= 4 is 22.6 Å². The van der Waals surface area contributed by atoms with Gasteiger partial charge in [0.1, 0.15) is 11.6 Å². The number of hydrogen-bond acceptors (Lipinski definition) is 5. The molecule has 1 aliphatic heterocycles. The van der Waals surface area contributed by atoms with Crippen molar-refractivity contribution in [3.8, 4) is 16.9 Å². The van der Waals surface area contributed by atoms with Gasteiger partial charge in [0.2, 0.25) is 0 Å². The minimum absolute atomic E-state index is 0.0129. The largest absolute Gasteiger partial charge is 0.507 e. The van der Waals surface area contributed by atoms with Gasteiger partial charge in [-0.05, 0) is 54.8 Å². The Morgan fingerprint density at radius 2 is 1.85 bits per heavy atom. The Bertz CT molecular complexity index is 1220. The highest BCUT2D eigenvalue weighted by Crippen LogP contribution is 2.44. The van der Waals surface area contributed by atoms with Crippen LogP contribution in [0.3, 0.4) is 0 Å². The summed E-state index contributed by atoms with van der Waals surface area (Å²) in [6.45, 7) is 1.15. The van der Waals surface area contributed by atoms with Gasteiger partial charge >= 0.3 is 5.97 Å². The van der Waals surface area contributed by atoms with Crippen molar-refractivity contribution in [2.75, 3.05) is 18.5 Å². The number of aromatic hydroxyl groups is 1. The van der Waals surface area contributed by atoms with Crippen LogP contribution < -0.4 is 5.32 Å². The van der Waals surface area contributed by atoms with Gasteiger partial charge in [-0.2, -0.15) is 0 Å². The van der Waals surface area contributed by atoms with Crippen LogP contribution in [0.1, 0.15) is 37.3 Å². The smallest absolute Gasteiger partial charge is 0.306 e. The molecule has 3 aromatic rings. The topological polar surface area (TPSA) is 91.7 Å². The Morgan fingerprint density at radius 1 is 1.09 bits per heavy atom. The highest BCUT2D eigenvalue weighted by Gasteiger charge is 2.35. The number of anilines is 1. The second kappa shape index (κ2) is 8.59. The summed E-state index contributed by atoms with van der Waals surface area (Å²) in [6, 6.07) is 8.81. The molecule has 5 rings (SSSR count). The zero-order valence-electron chi connectivity index (χ0n) is 17.9. The Balaban J connectivity index is 1.68. The third kappa shape index (κ3) is 3.99. The maximum atomic E-state index is 14.2. The van der Waals surface area contributed by atoms with Crippen LogP contribution in [0.4, 0.5) is 14.6 Å². The third-order valence-corrected chi connectivity index (χ3v) is 6.68. The number of rotatable bonds is 5. The molecule has 1 saturated carbocycles. The summed E-state index contributed by atoms with van der Waals surface area (Å²) in [5, 5.41) is 24.4. The average Bonchev–Trinajstić information content (AvgIpc) is 2.78. The van der Waals surface area contributed by atoms with Gasteiger partial charge in [-0.1, -0.05) is 18.2 Å². The van der Waals surface area contributed by atoms with E-state index in [-0.39, 0.29) is 17.7 Å². The number of carboxylic acid groups (broad SMARTS) is 1. The molecule has 2 heterocycles. The van der Waals surface area contributed by atoms with Crippen LogP contribution >= 0.6 is 0 Å². The lowest BCUT2D eigenvalue weighted by Gasteiger charge is -2.34. The third-order valence-electron chi connectivity index (χ3n) is 6.68. The quantitative estimate of drug-likeness (QED) is 0.500. The van der Waals surface area contributed by atoms with E-state index in [1.165, 1.54) is 6.07 Å². The molecular formula is C25H24F2N2O4. The van der Waals surface area contributed by atoms with Gasteiger partial charge in [-0.3, -0.25) is 4.79 Å². The average molecular weight is 454 g/mol. The molecule has 2 fully saturated rings. The number of nitrogens with one attached hydrogen (secondary N) is 1. The lowest BCUT2D eigenvalue weighted by Crippen LogP contribution is -2.39. The number of fused-ring (bicyclic) bond motifs is 1. The second-order valence-electron chi connectivity index (χ2n) is 8.78. The highest BCUT2D eigenvalue weighted by molar-refractivity contribution is 6.06. The summed E-state index contributed by atoms with van der Waals surface area (Å²) in [5.41, 5.74) is 1.88. The van der Waals surface area contributed by atoms with Gasteiger partial charge in [0, 0.05) is 30.7 Å². The van der Waals surface area contributed by atoms with Crippen molar-refractivity contribution in [3.05, 3.63) is 53.7 Å². The Hall–Kier alpha value is -3.26. The monoisotopic (exact) mass is 454 g/mol. The fourth-order valence-electron chi connectivity index (χ4n) is 4.82. The van der Waals surface area contributed by atoms with Crippen molar-refractivity contribution in [1.29, 1.82) is 0 Å². The normalized spacial score (nSPS) is 21.0. The fraction of sp³-hybridized carbons (Fsp3) is 0.360. The predicted octanol–water partition coefficient (Wildman–Crippen LogP) is 5.05. The number of phenolic OH excluding ortho intramolecular Hbond substituents is 1. The van der Waals surface area contributed by atoms with Crippen LogP contribution in [0.5, 0.6) is 5.75 Å². The number of nitrogens with zero attached hydrogens (tertiary/aromatic N) is 1. The number of aliphatic carboxylic acids is 1. The zero-order chi connectivity index (χ0) is 23.1. The van der Waals surface area contributed by atoms with Crippen molar-refractivity contribution in [3.63, 3.8) is 0 Å². The number of aromatic nitrogens is 1. The highest BCUT2D eigenvalue weighted by atomic mass is 19.2. The maximum Gasteiger partial charge on any atom is 0.306 e. The van der Waals surface area contributed by atoms with Gasteiger partial charge < -0.3 is 20.3 Å². The Labute approximate surface area is 189 Å². The zero-order valence-corrected chi connectivity index (χ0v) is 17.9. The number of hydrogen-bond donors (Lipinski definition) is 3. The number of ether oxygens (including phenoxy) is 1. The molecule has 0 bridgehead atoms. The Kier molecular flexibility index (Phi) is 5.62. The van der Waals surface area contributed by atoms with E-state index in [4.69, 9.17) is 9.72 Å². The minimum atomic E-state index is -0.949. The summed E-state index contributed by atoms with van der Waals surface area (Å²) in [5.74, 6) is -2.55. The fourth-order valence-corrected chi connectivity index (χ4v) is 4.82. The van der Waals surface area contributed by atoms with Crippen LogP contribution in [-0.2, 0) is 9.53 Å². The van der Waals surface area contributed by atoms with Crippen LogP contribution in [0, 0.1) is 17.6 Å². The molecule has 2 aromatic carbocycles. The molecule has 0 radical (unpaired) electrons. The molecule has 8 heteroatoms. The van der Waals surface area contributed by atoms with E-state index in [9.17, 15) is 23.8 Å². The first kappa shape index (κ1) is 21.6. The number of halogens is 2. The van der Waals surface area contributed by atoms with Gasteiger partial charge in [-0.25, -0.2) is 13.8 Å². The van der Waals surface area contributed by atoms with Crippen LogP contribution in [0.2, 0.25) is 0 Å². The first-order valence-corrected chi connectivity index (χ1v) is 11.1. The molecule has 1 saturated heterocycles. The van der Waals surface area contributed by atoms with Crippen molar-refractivity contribution < 1.29 is 28.5 Å². The number of benzene rings is 2. The SMILES string of the molecule is O=C(O)[C@H]1C[C@H](Nc2nc(C3CCOCC3)c(-c3ccc(F)c(F)c3)c3cccc(O)c23)C1. The van der Waals surface area contributed by atoms with Gasteiger partial charge in [0.25, 0.3) is 0 Å². The van der Waals surface area contributed by atoms with Crippen LogP contribution in [0.25, 0.3) is 21.9 Å². The molecule has 0 unspecified atom stereocenters. The molecule has 0 spiro atoms. The van der Waals surface area contributed by atoms with Gasteiger partial charge in [-0.15, -0.1) is 0 Å². The summed E-state index contributed by atoms with van der Waals surface area (Å²) < 4.78 is 33.4. The van der Waals surface area contributed by atoms with E-state index in [0.29, 0.717) is 53.8 Å². The predicted molar refractivity (Wildman–Crippen MR) is 119 cm³/mol. The molecule has 2 aliphatic rings. The van der Waals surface area contributed by atoms with E-state index >= 15 is 0 Å². The van der Waals surface area contributed by atoms with Crippen molar-refractivity contribution in [2.45, 2.75) is 37.6 Å². The van der Waals surface area contributed by atoms with E-state index in [1.54, 1.807) is 12.1 Å². The summed E-state index contributed by atoms with van der Waals surface area (Å²) >= 11 is 0. The summed E-state index contributed by atoms with van der Waals surface area (Å²) in [6.07, 6.45) is 2.42. The lowest BCUT2D eigenvalue weighted by atomic mass is 9.80. The van der Waals surface area contributed by atoms with Gasteiger partial charge in [0.05, 0.1) is 17.0 Å². The molecule has 33 heavy (non-hydrogen) atoms. The lowest BCUT2D eigenvalue weighted by molar-refractivity contribution is -0.144. The molecule has 0 atom stereocenters. The standard InChI is InChI=1S/C25H24F2N2O4/c26-18-5-4-14(12-19(18)27)21-17-2-1-3-20(30)22(17)24(28-16-10-15(11-16)25(31)32)29-23(21)13-6-8-33-9-7-13/h1-5,12-13,15-16,30H,6-11H2,(H,28,29)(H,31,32)/t15-,16-. The molecule has 3 N–H and O–H groups in total. The van der Waals surface area contributed by atoms with Crippen molar-refractivity contribution in [2.24, 2.45) is 5.92 Å². The molecule has 6 nitrogen and oxygen atoms in total. The van der Waals surface area contributed by atoms with Crippen molar-refractivity contribution in [1.82, 2.24) is 4.98 Å². The molecule has 1 aliphatic carbocycles. The van der Waals surface area contributed by atoms with Crippen LogP contribution in [-0.4, -0.2) is 40.4 Å². The first-order chi connectivity index (χ1) is 15.9. The number of carbonyl (C=O) groups is 1. The van der Waals surface area contributed by atoms with E-state index in [2.05, 4.69) is 5.32 Å². The second-order valence-corrected chi connectivity index (χ2v) is 8.78. The molecule has 172 valence electrons. The van der Waals surface area contributed by atoms with Crippen LogP contribution in [0.15, 0.2) is 36.4 Å². The summed E-state index contributed by atoms with van der Waals surface area (Å²) in [4.78, 5) is 16.1. The minimum Gasteiger partial charge on any atom is -0.507 e.